The quantitative estimate of drug-likeness (QED) is 0.763. The number of carbonyl (C=O) groups excluding carboxylic acids is 1. The number of hydrogen-bond donors (Lipinski definition) is 2. The van der Waals surface area contributed by atoms with Gasteiger partial charge in [0.1, 0.15) is 0 Å². The summed E-state index contributed by atoms with van der Waals surface area (Å²) < 4.78 is 0. The second-order valence-electron chi connectivity index (χ2n) is 6.44. The normalized spacial score (nSPS) is 31.7. The van der Waals surface area contributed by atoms with Crippen LogP contribution in [0.2, 0.25) is 0 Å². The molecule has 3 aliphatic rings. The number of rotatable bonds is 4. The van der Waals surface area contributed by atoms with Gasteiger partial charge in [-0.15, -0.1) is 0 Å². The molecule has 19 heavy (non-hydrogen) atoms. The van der Waals surface area contributed by atoms with E-state index in [1.165, 1.54) is 37.7 Å². The summed E-state index contributed by atoms with van der Waals surface area (Å²) in [4.78, 5) is 12.1. The molecule has 2 saturated carbocycles. The first kappa shape index (κ1) is 13.2. The summed E-state index contributed by atoms with van der Waals surface area (Å²) >= 11 is 0. The zero-order valence-electron chi connectivity index (χ0n) is 11.8. The van der Waals surface area contributed by atoms with Crippen LogP contribution in [0.15, 0.2) is 11.6 Å². The van der Waals surface area contributed by atoms with Crippen molar-refractivity contribution in [1.29, 1.82) is 0 Å². The van der Waals surface area contributed by atoms with Gasteiger partial charge in [-0.25, -0.2) is 0 Å². The first-order valence-corrected chi connectivity index (χ1v) is 8.01. The summed E-state index contributed by atoms with van der Waals surface area (Å²) in [5.41, 5.74) is 1.39. The molecule has 2 atom stereocenters. The lowest BCUT2D eigenvalue weighted by Gasteiger charge is -2.21. The van der Waals surface area contributed by atoms with Gasteiger partial charge in [-0.1, -0.05) is 43.8 Å². The minimum absolute atomic E-state index is 0.315. The summed E-state index contributed by atoms with van der Waals surface area (Å²) in [6.45, 7) is 2.78. The molecular formula is C16H26N2O. The van der Waals surface area contributed by atoms with E-state index in [1.54, 1.807) is 0 Å². The van der Waals surface area contributed by atoms with Gasteiger partial charge in [-0.05, 0) is 31.2 Å². The fourth-order valence-corrected chi connectivity index (χ4v) is 3.76. The Bertz CT molecular complexity index is 358. The Labute approximate surface area is 116 Å². The minimum atomic E-state index is 0.315. The van der Waals surface area contributed by atoms with Crippen LogP contribution in [-0.4, -0.2) is 25.5 Å². The maximum absolute atomic E-state index is 12.1. The highest BCUT2D eigenvalue weighted by atomic mass is 16.2. The molecule has 2 fully saturated rings. The van der Waals surface area contributed by atoms with Crippen molar-refractivity contribution in [3.8, 4) is 0 Å². The van der Waals surface area contributed by atoms with E-state index in [1.807, 2.05) is 0 Å². The van der Waals surface area contributed by atoms with E-state index >= 15 is 0 Å². The third-order valence-electron chi connectivity index (χ3n) is 5.08. The van der Waals surface area contributed by atoms with Crippen molar-refractivity contribution in [2.45, 2.75) is 44.9 Å². The third-order valence-corrected chi connectivity index (χ3v) is 5.08. The van der Waals surface area contributed by atoms with Crippen molar-refractivity contribution in [3.05, 3.63) is 11.6 Å². The lowest BCUT2D eigenvalue weighted by atomic mass is 9.85. The molecule has 0 bridgehead atoms. The molecular weight excluding hydrogens is 236 g/mol. The van der Waals surface area contributed by atoms with Crippen molar-refractivity contribution in [1.82, 2.24) is 10.6 Å². The first-order valence-electron chi connectivity index (χ1n) is 8.01. The van der Waals surface area contributed by atoms with Gasteiger partial charge in [-0.3, -0.25) is 4.79 Å². The number of carbonyl (C=O) groups is 1. The molecule has 1 aliphatic heterocycles. The number of nitrogens with one attached hydrogen (secondary N) is 2. The molecule has 0 aromatic carbocycles. The third kappa shape index (κ3) is 3.38. The predicted octanol–water partition coefficient (Wildman–Crippen LogP) is 2.24. The van der Waals surface area contributed by atoms with Crippen LogP contribution in [0.3, 0.4) is 0 Å². The molecule has 0 aromatic rings. The van der Waals surface area contributed by atoms with E-state index in [0.29, 0.717) is 17.7 Å². The summed E-state index contributed by atoms with van der Waals surface area (Å²) in [6, 6.07) is 0. The lowest BCUT2D eigenvalue weighted by Crippen LogP contribution is -2.31. The van der Waals surface area contributed by atoms with Gasteiger partial charge in [0.05, 0.1) is 0 Å². The van der Waals surface area contributed by atoms with E-state index in [-0.39, 0.29) is 0 Å². The minimum Gasteiger partial charge on any atom is -0.352 e. The van der Waals surface area contributed by atoms with Gasteiger partial charge in [-0.2, -0.15) is 0 Å². The Morgan fingerprint density at radius 1 is 1.32 bits per heavy atom. The Morgan fingerprint density at radius 2 is 2.16 bits per heavy atom. The molecule has 0 aromatic heterocycles. The molecule has 106 valence electrons. The topological polar surface area (TPSA) is 41.1 Å². The van der Waals surface area contributed by atoms with Crippen molar-refractivity contribution in [2.24, 2.45) is 17.8 Å². The summed E-state index contributed by atoms with van der Waals surface area (Å²) in [7, 11) is 0. The molecule has 0 radical (unpaired) electrons. The SMILES string of the molecule is O=C(NCC1=CCNCC1)C1CC1C1CCCCC1. The van der Waals surface area contributed by atoms with Crippen LogP contribution in [0.25, 0.3) is 0 Å². The highest BCUT2D eigenvalue weighted by molar-refractivity contribution is 5.81. The van der Waals surface area contributed by atoms with E-state index < -0.39 is 0 Å². The van der Waals surface area contributed by atoms with Crippen LogP contribution < -0.4 is 10.6 Å². The first-order chi connectivity index (χ1) is 9.34. The summed E-state index contributed by atoms with van der Waals surface area (Å²) in [6.07, 6.45) is 11.4. The van der Waals surface area contributed by atoms with Crippen LogP contribution in [0.5, 0.6) is 0 Å². The fourth-order valence-electron chi connectivity index (χ4n) is 3.76. The second kappa shape index (κ2) is 6.08. The van der Waals surface area contributed by atoms with Crippen LogP contribution in [0.1, 0.15) is 44.9 Å². The Hall–Kier alpha value is -0.830. The molecule has 3 nitrogen and oxygen atoms in total. The maximum atomic E-state index is 12.1. The average molecular weight is 262 g/mol. The zero-order chi connectivity index (χ0) is 13.1. The molecule has 0 spiro atoms. The van der Waals surface area contributed by atoms with Crippen molar-refractivity contribution in [2.75, 3.05) is 19.6 Å². The van der Waals surface area contributed by atoms with E-state index in [9.17, 15) is 4.79 Å². The Morgan fingerprint density at radius 3 is 2.89 bits per heavy atom. The smallest absolute Gasteiger partial charge is 0.223 e. The Balaban J connectivity index is 1.40. The summed E-state index contributed by atoms with van der Waals surface area (Å²) in [5.74, 6) is 2.21. The molecule has 1 amide bonds. The van der Waals surface area contributed by atoms with Gasteiger partial charge < -0.3 is 10.6 Å². The number of amides is 1. The Kier molecular flexibility index (Phi) is 4.21. The maximum Gasteiger partial charge on any atom is 0.223 e. The molecule has 3 rings (SSSR count). The van der Waals surface area contributed by atoms with Crippen LogP contribution in [-0.2, 0) is 4.79 Å². The average Bonchev–Trinajstić information content (AvgIpc) is 3.27. The second-order valence-corrected chi connectivity index (χ2v) is 6.44. The lowest BCUT2D eigenvalue weighted by molar-refractivity contribution is -0.122. The monoisotopic (exact) mass is 262 g/mol. The highest BCUT2D eigenvalue weighted by Crippen LogP contribution is 2.49. The number of hydrogen-bond acceptors (Lipinski definition) is 2. The molecule has 2 unspecified atom stereocenters. The van der Waals surface area contributed by atoms with Crippen molar-refractivity contribution in [3.63, 3.8) is 0 Å². The molecule has 3 heteroatoms. The van der Waals surface area contributed by atoms with Crippen LogP contribution >= 0.6 is 0 Å². The molecule has 2 aliphatic carbocycles. The van der Waals surface area contributed by atoms with Crippen LogP contribution in [0.4, 0.5) is 0 Å². The van der Waals surface area contributed by atoms with Crippen molar-refractivity contribution >= 4 is 5.91 Å². The fraction of sp³-hybridized carbons (Fsp3) is 0.812. The van der Waals surface area contributed by atoms with E-state index in [2.05, 4.69) is 16.7 Å². The zero-order valence-corrected chi connectivity index (χ0v) is 11.8. The molecule has 1 heterocycles. The molecule has 0 saturated heterocycles. The van der Waals surface area contributed by atoms with Gasteiger partial charge in [0.15, 0.2) is 0 Å². The predicted molar refractivity (Wildman–Crippen MR) is 76.8 cm³/mol. The highest BCUT2D eigenvalue weighted by Gasteiger charge is 2.47. The van der Waals surface area contributed by atoms with Gasteiger partial charge >= 0.3 is 0 Å². The van der Waals surface area contributed by atoms with E-state index in [0.717, 1.165) is 38.4 Å². The van der Waals surface area contributed by atoms with E-state index in [4.69, 9.17) is 0 Å². The molecule has 2 N–H and O–H groups in total. The van der Waals surface area contributed by atoms with Crippen molar-refractivity contribution < 1.29 is 4.79 Å². The van der Waals surface area contributed by atoms with Gasteiger partial charge in [0, 0.05) is 19.0 Å². The largest absolute Gasteiger partial charge is 0.352 e. The van der Waals surface area contributed by atoms with Crippen LogP contribution in [0, 0.1) is 17.8 Å². The summed E-state index contributed by atoms with van der Waals surface area (Å²) in [5, 5.41) is 6.45. The van der Waals surface area contributed by atoms with Gasteiger partial charge in [0.2, 0.25) is 5.91 Å². The standard InChI is InChI=1S/C16H26N2O/c19-16(18-11-12-6-8-17-9-7-12)15-10-14(15)13-4-2-1-3-5-13/h6,13-15,17H,1-5,7-11H2,(H,18,19). The van der Waals surface area contributed by atoms with Gasteiger partial charge in [0.25, 0.3) is 0 Å².